The van der Waals surface area contributed by atoms with E-state index in [-0.39, 0.29) is 36.7 Å². The smallest absolute Gasteiger partial charge is 0.234 e. The summed E-state index contributed by atoms with van der Waals surface area (Å²) < 4.78 is 5.32. The molecule has 0 aromatic heterocycles. The Morgan fingerprint density at radius 2 is 1.90 bits per heavy atom. The molecule has 1 saturated carbocycles. The molecule has 8 heteroatoms. The first-order valence-corrected chi connectivity index (χ1v) is 11.2. The number of aliphatic hydroxyl groups is 2. The van der Waals surface area contributed by atoms with Crippen LogP contribution in [0, 0.1) is 0 Å². The molecule has 1 unspecified atom stereocenters. The van der Waals surface area contributed by atoms with E-state index in [2.05, 4.69) is 59.5 Å². The van der Waals surface area contributed by atoms with Crippen molar-refractivity contribution in [3.63, 3.8) is 0 Å². The standard InChI is InChI=1S/C23H38N4O4/c1-25(2)23(19-7-5-4-6-8-19)11-9-22(10-12-23)18-26(17-20(29)24-13-15-28)21(30)27(22)14-16-31-3/h4-8,21,28,30H,9-18H2,1-3H3,(H,24,29). The highest BCUT2D eigenvalue weighted by Gasteiger charge is 2.54. The van der Waals surface area contributed by atoms with Crippen LogP contribution in [-0.2, 0) is 15.1 Å². The summed E-state index contributed by atoms with van der Waals surface area (Å²) in [6.45, 7) is 2.04. The molecular formula is C23H38N4O4. The van der Waals surface area contributed by atoms with Crippen molar-refractivity contribution < 1.29 is 19.7 Å². The SMILES string of the molecule is COCCN1C(O)N(CC(=O)NCCO)CC12CCC(c1ccccc1)(N(C)C)CC2. The van der Waals surface area contributed by atoms with Gasteiger partial charge in [-0.05, 0) is 45.3 Å². The van der Waals surface area contributed by atoms with Crippen molar-refractivity contribution in [3.05, 3.63) is 35.9 Å². The Morgan fingerprint density at radius 3 is 2.48 bits per heavy atom. The maximum absolute atomic E-state index is 12.2. The van der Waals surface area contributed by atoms with E-state index in [0.717, 1.165) is 25.7 Å². The van der Waals surface area contributed by atoms with Gasteiger partial charge in [0.1, 0.15) is 0 Å². The molecule has 1 aliphatic heterocycles. The van der Waals surface area contributed by atoms with Gasteiger partial charge in [0, 0.05) is 37.8 Å². The first-order chi connectivity index (χ1) is 14.9. The van der Waals surface area contributed by atoms with Crippen LogP contribution in [0.1, 0.15) is 31.2 Å². The van der Waals surface area contributed by atoms with Crippen LogP contribution in [0.25, 0.3) is 0 Å². The zero-order valence-electron chi connectivity index (χ0n) is 19.1. The molecule has 1 heterocycles. The molecule has 2 fully saturated rings. The lowest BCUT2D eigenvalue weighted by Gasteiger charge is -2.51. The second-order valence-corrected chi connectivity index (χ2v) is 9.03. The summed E-state index contributed by atoms with van der Waals surface area (Å²) in [7, 11) is 5.96. The molecule has 0 radical (unpaired) electrons. The number of hydrogen-bond donors (Lipinski definition) is 3. The number of amides is 1. The first kappa shape index (κ1) is 24.1. The van der Waals surface area contributed by atoms with E-state index >= 15 is 0 Å². The van der Waals surface area contributed by atoms with Gasteiger partial charge in [0.05, 0.1) is 19.8 Å². The highest BCUT2D eigenvalue weighted by atomic mass is 16.5. The Hall–Kier alpha value is -1.55. The predicted molar refractivity (Wildman–Crippen MR) is 119 cm³/mol. The molecule has 174 valence electrons. The molecule has 1 spiro atoms. The molecule has 1 atom stereocenters. The van der Waals surface area contributed by atoms with E-state index in [1.54, 1.807) is 7.11 Å². The summed E-state index contributed by atoms with van der Waals surface area (Å²) in [4.78, 5) is 18.5. The number of carbonyl (C=O) groups is 1. The van der Waals surface area contributed by atoms with Crippen LogP contribution in [-0.4, -0.2) is 103 Å². The van der Waals surface area contributed by atoms with Gasteiger partial charge in [-0.15, -0.1) is 0 Å². The van der Waals surface area contributed by atoms with E-state index in [0.29, 0.717) is 19.7 Å². The minimum Gasteiger partial charge on any atom is -0.395 e. The van der Waals surface area contributed by atoms with Crippen molar-refractivity contribution >= 4 is 5.91 Å². The van der Waals surface area contributed by atoms with Gasteiger partial charge < -0.3 is 20.3 Å². The molecule has 3 rings (SSSR count). The fraction of sp³-hybridized carbons (Fsp3) is 0.696. The van der Waals surface area contributed by atoms with Gasteiger partial charge in [-0.2, -0.15) is 0 Å². The third-order valence-electron chi connectivity index (χ3n) is 7.20. The number of methoxy groups -OCH3 is 1. The van der Waals surface area contributed by atoms with Gasteiger partial charge in [0.25, 0.3) is 0 Å². The zero-order chi connectivity index (χ0) is 22.5. The van der Waals surface area contributed by atoms with Gasteiger partial charge in [-0.3, -0.25) is 19.5 Å². The number of carbonyl (C=O) groups excluding carboxylic acids is 1. The summed E-state index contributed by atoms with van der Waals surface area (Å²) in [6, 6.07) is 10.7. The van der Waals surface area contributed by atoms with Crippen LogP contribution in [0.5, 0.6) is 0 Å². The molecule has 1 aromatic carbocycles. The molecule has 1 saturated heterocycles. The Balaban J connectivity index is 1.79. The molecular weight excluding hydrogens is 396 g/mol. The summed E-state index contributed by atoms with van der Waals surface area (Å²) in [5, 5.41) is 22.7. The van der Waals surface area contributed by atoms with Crippen LogP contribution in [0.4, 0.5) is 0 Å². The molecule has 3 N–H and O–H groups in total. The maximum Gasteiger partial charge on any atom is 0.234 e. The number of hydrogen-bond acceptors (Lipinski definition) is 7. The quantitative estimate of drug-likeness (QED) is 0.519. The molecule has 0 bridgehead atoms. The summed E-state index contributed by atoms with van der Waals surface area (Å²) in [6.07, 6.45) is 2.99. The third-order valence-corrected chi connectivity index (χ3v) is 7.20. The highest BCUT2D eigenvalue weighted by Crippen LogP contribution is 2.49. The summed E-state index contributed by atoms with van der Waals surface area (Å²) in [5.41, 5.74) is 1.11. The van der Waals surface area contributed by atoms with Crippen molar-refractivity contribution in [1.82, 2.24) is 20.0 Å². The summed E-state index contributed by atoms with van der Waals surface area (Å²) >= 11 is 0. The van der Waals surface area contributed by atoms with E-state index in [1.807, 2.05) is 4.90 Å². The average Bonchev–Trinajstić information content (AvgIpc) is 3.02. The normalized spacial score (nSPS) is 29.7. The zero-order valence-corrected chi connectivity index (χ0v) is 19.1. The number of benzene rings is 1. The second-order valence-electron chi connectivity index (χ2n) is 9.03. The maximum atomic E-state index is 12.2. The second kappa shape index (κ2) is 10.4. The lowest BCUT2D eigenvalue weighted by Crippen LogP contribution is -2.56. The Morgan fingerprint density at radius 1 is 1.23 bits per heavy atom. The number of aliphatic hydroxyl groups excluding tert-OH is 2. The van der Waals surface area contributed by atoms with Gasteiger partial charge in [-0.25, -0.2) is 0 Å². The number of rotatable bonds is 9. The van der Waals surface area contributed by atoms with E-state index in [4.69, 9.17) is 9.84 Å². The van der Waals surface area contributed by atoms with Crippen LogP contribution < -0.4 is 5.32 Å². The van der Waals surface area contributed by atoms with Gasteiger partial charge in [0.2, 0.25) is 5.91 Å². The Bertz CT molecular complexity index is 707. The van der Waals surface area contributed by atoms with Gasteiger partial charge >= 0.3 is 0 Å². The largest absolute Gasteiger partial charge is 0.395 e. The van der Waals surface area contributed by atoms with Crippen molar-refractivity contribution in [1.29, 1.82) is 0 Å². The van der Waals surface area contributed by atoms with Crippen LogP contribution in [0.2, 0.25) is 0 Å². The van der Waals surface area contributed by atoms with Gasteiger partial charge in [-0.1, -0.05) is 30.3 Å². The topological polar surface area (TPSA) is 88.5 Å². The predicted octanol–water partition coefficient (Wildman–Crippen LogP) is 0.405. The number of ether oxygens (including phenoxy) is 1. The fourth-order valence-electron chi connectivity index (χ4n) is 5.42. The van der Waals surface area contributed by atoms with Crippen LogP contribution in [0.15, 0.2) is 30.3 Å². The molecule has 1 aromatic rings. The third kappa shape index (κ3) is 4.94. The van der Waals surface area contributed by atoms with Crippen molar-refractivity contribution in [2.75, 3.05) is 60.6 Å². The van der Waals surface area contributed by atoms with Crippen molar-refractivity contribution in [2.24, 2.45) is 0 Å². The molecule has 8 nitrogen and oxygen atoms in total. The minimum atomic E-state index is -0.821. The van der Waals surface area contributed by atoms with Crippen molar-refractivity contribution in [3.8, 4) is 0 Å². The fourth-order valence-corrected chi connectivity index (χ4v) is 5.42. The lowest BCUT2D eigenvalue weighted by atomic mass is 9.68. The highest BCUT2D eigenvalue weighted by molar-refractivity contribution is 5.78. The number of nitrogens with zero attached hydrogens (tertiary/aromatic N) is 3. The number of nitrogens with one attached hydrogen (secondary N) is 1. The lowest BCUT2D eigenvalue weighted by molar-refractivity contribution is -0.129. The Labute approximate surface area is 185 Å². The first-order valence-electron chi connectivity index (χ1n) is 11.2. The van der Waals surface area contributed by atoms with Crippen LogP contribution in [0.3, 0.4) is 0 Å². The van der Waals surface area contributed by atoms with E-state index < -0.39 is 6.35 Å². The molecule has 1 amide bonds. The monoisotopic (exact) mass is 434 g/mol. The van der Waals surface area contributed by atoms with Crippen molar-refractivity contribution in [2.45, 2.75) is 43.1 Å². The molecule has 2 aliphatic rings. The average molecular weight is 435 g/mol. The minimum absolute atomic E-state index is 0.0314. The van der Waals surface area contributed by atoms with Gasteiger partial charge in [0.15, 0.2) is 6.35 Å². The Kier molecular flexibility index (Phi) is 8.07. The van der Waals surface area contributed by atoms with E-state index in [9.17, 15) is 9.90 Å². The van der Waals surface area contributed by atoms with Crippen LogP contribution >= 0.6 is 0 Å². The van der Waals surface area contributed by atoms with E-state index in [1.165, 1.54) is 5.56 Å². The summed E-state index contributed by atoms with van der Waals surface area (Å²) in [5.74, 6) is -0.181. The molecule has 31 heavy (non-hydrogen) atoms. The molecule has 1 aliphatic carbocycles.